The van der Waals surface area contributed by atoms with E-state index in [0.717, 1.165) is 0 Å². The van der Waals surface area contributed by atoms with Crippen molar-refractivity contribution >= 4 is 11.8 Å². The largest absolute Gasteiger partial charge is 0.394 e. The number of benzene rings is 1. The van der Waals surface area contributed by atoms with Gasteiger partial charge in [-0.1, -0.05) is 12.1 Å². The van der Waals surface area contributed by atoms with Gasteiger partial charge in [0.1, 0.15) is 17.6 Å². The van der Waals surface area contributed by atoms with Gasteiger partial charge >= 0.3 is 0 Å². The van der Waals surface area contributed by atoms with Crippen LogP contribution >= 0.6 is 0 Å². The van der Waals surface area contributed by atoms with E-state index in [-0.39, 0.29) is 29.9 Å². The number of carbonyl (C=O) groups is 2. The fraction of sp³-hybridized carbons (Fsp3) is 0.400. The molecule has 2 aromatic rings. The summed E-state index contributed by atoms with van der Waals surface area (Å²) in [5.74, 6) is -1.45. The first-order chi connectivity index (χ1) is 14.1. The molecule has 154 valence electrons. The summed E-state index contributed by atoms with van der Waals surface area (Å²) in [6.07, 6.45) is 5.32. The highest BCUT2D eigenvalue weighted by Crippen LogP contribution is 2.22. The van der Waals surface area contributed by atoms with Gasteiger partial charge < -0.3 is 20.5 Å². The monoisotopic (exact) mass is 402 g/mol. The minimum absolute atomic E-state index is 0.0435. The van der Waals surface area contributed by atoms with Crippen LogP contribution in [0.2, 0.25) is 0 Å². The molecule has 3 rings (SSSR count). The molecular weight excluding hydrogens is 379 g/mol. The van der Waals surface area contributed by atoms with Crippen molar-refractivity contribution in [1.82, 2.24) is 20.6 Å². The van der Waals surface area contributed by atoms with Gasteiger partial charge in [-0.25, -0.2) is 9.37 Å². The minimum atomic E-state index is -0.598. The number of halogens is 1. The van der Waals surface area contributed by atoms with Crippen LogP contribution in [0, 0.1) is 5.82 Å². The van der Waals surface area contributed by atoms with Crippen LogP contribution in [0.15, 0.2) is 42.9 Å². The van der Waals surface area contributed by atoms with Crippen molar-refractivity contribution in [3.63, 3.8) is 0 Å². The number of aromatic nitrogens is 2. The van der Waals surface area contributed by atoms with Gasteiger partial charge in [-0.15, -0.1) is 0 Å². The van der Waals surface area contributed by atoms with Crippen LogP contribution in [0.1, 0.15) is 40.1 Å². The molecule has 29 heavy (non-hydrogen) atoms. The Balaban J connectivity index is 1.47. The molecule has 9 heteroatoms. The highest BCUT2D eigenvalue weighted by Gasteiger charge is 2.32. The summed E-state index contributed by atoms with van der Waals surface area (Å²) in [5.41, 5.74) is 0.194. The topological polar surface area (TPSA) is 113 Å². The first-order valence-electron chi connectivity index (χ1n) is 9.44. The molecule has 0 spiro atoms. The zero-order valence-corrected chi connectivity index (χ0v) is 15.8. The molecule has 0 unspecified atom stereocenters. The second-order valence-electron chi connectivity index (χ2n) is 6.75. The first-order valence-corrected chi connectivity index (χ1v) is 9.44. The predicted molar refractivity (Wildman–Crippen MR) is 102 cm³/mol. The summed E-state index contributed by atoms with van der Waals surface area (Å²) in [6.45, 7) is 0.106. The van der Waals surface area contributed by atoms with E-state index in [1.807, 2.05) is 0 Å². The average Bonchev–Trinajstić information content (AvgIpc) is 2.75. The molecule has 8 nitrogen and oxygen atoms in total. The Kier molecular flexibility index (Phi) is 7.20. The Morgan fingerprint density at radius 1 is 1.21 bits per heavy atom. The first kappa shape index (κ1) is 20.8. The van der Waals surface area contributed by atoms with Gasteiger partial charge in [0.05, 0.1) is 30.5 Å². The zero-order valence-electron chi connectivity index (χ0n) is 15.8. The van der Waals surface area contributed by atoms with Crippen LogP contribution in [0.3, 0.4) is 0 Å². The van der Waals surface area contributed by atoms with Gasteiger partial charge in [-0.05, 0) is 31.4 Å². The van der Waals surface area contributed by atoms with Crippen molar-refractivity contribution in [1.29, 1.82) is 0 Å². The molecule has 1 fully saturated rings. The number of hydrogen-bond acceptors (Lipinski definition) is 6. The standard InChI is InChI=1S/C20H23FN4O4/c21-15-4-2-1-3-14(15)19(27)25-16-6-5-13(29-18(16)12-26)7-8-24-20(28)17-11-22-9-10-23-17/h1-4,9-11,13,16,18,26H,5-8,12H2,(H,24,28)(H,25,27)/t13-,16+,18+/m1/s1. The summed E-state index contributed by atoms with van der Waals surface area (Å²) in [6, 6.07) is 5.31. The molecule has 2 amide bonds. The third kappa shape index (κ3) is 5.55. The van der Waals surface area contributed by atoms with Crippen LogP contribution in [-0.4, -0.2) is 58.3 Å². The van der Waals surface area contributed by atoms with E-state index in [4.69, 9.17) is 4.74 Å². The van der Waals surface area contributed by atoms with E-state index in [1.54, 1.807) is 6.07 Å². The fourth-order valence-corrected chi connectivity index (χ4v) is 3.25. The van der Waals surface area contributed by atoms with E-state index < -0.39 is 23.9 Å². The molecular formula is C20H23FN4O4. The quantitative estimate of drug-likeness (QED) is 0.639. The van der Waals surface area contributed by atoms with E-state index in [0.29, 0.717) is 25.8 Å². The molecule has 0 saturated carbocycles. The third-order valence-electron chi connectivity index (χ3n) is 4.78. The summed E-state index contributed by atoms with van der Waals surface area (Å²) < 4.78 is 19.6. The number of carbonyl (C=O) groups excluding carboxylic acids is 2. The Labute approximate surface area is 167 Å². The van der Waals surface area contributed by atoms with Gasteiger partial charge in [0.25, 0.3) is 11.8 Å². The minimum Gasteiger partial charge on any atom is -0.394 e. The zero-order chi connectivity index (χ0) is 20.6. The number of hydrogen-bond donors (Lipinski definition) is 3. The van der Waals surface area contributed by atoms with Gasteiger partial charge in [0.15, 0.2) is 0 Å². The summed E-state index contributed by atoms with van der Waals surface area (Å²) in [5, 5.41) is 15.1. The highest BCUT2D eigenvalue weighted by molar-refractivity contribution is 5.94. The molecule has 0 aliphatic carbocycles. The van der Waals surface area contributed by atoms with Crippen molar-refractivity contribution in [2.45, 2.75) is 37.5 Å². The van der Waals surface area contributed by atoms with E-state index in [9.17, 15) is 19.1 Å². The molecule has 0 bridgehead atoms. The highest BCUT2D eigenvalue weighted by atomic mass is 19.1. The second-order valence-corrected chi connectivity index (χ2v) is 6.75. The lowest BCUT2D eigenvalue weighted by Gasteiger charge is -2.36. The predicted octanol–water partition coefficient (Wildman–Crippen LogP) is 1.07. The SMILES string of the molecule is O=C(NCC[C@H]1CC[C@H](NC(=O)c2ccccc2F)[C@H](CO)O1)c1cnccn1. The molecule has 1 aliphatic heterocycles. The summed E-state index contributed by atoms with van der Waals surface area (Å²) in [7, 11) is 0. The third-order valence-corrected chi connectivity index (χ3v) is 4.78. The van der Waals surface area contributed by atoms with Gasteiger partial charge in [0, 0.05) is 18.9 Å². The number of nitrogens with one attached hydrogen (secondary N) is 2. The van der Waals surface area contributed by atoms with Crippen molar-refractivity contribution in [3.8, 4) is 0 Å². The number of nitrogens with zero attached hydrogens (tertiary/aromatic N) is 2. The van der Waals surface area contributed by atoms with Crippen molar-refractivity contribution in [2.75, 3.05) is 13.2 Å². The summed E-state index contributed by atoms with van der Waals surface area (Å²) >= 11 is 0. The lowest BCUT2D eigenvalue weighted by atomic mass is 9.96. The van der Waals surface area contributed by atoms with Crippen molar-refractivity contribution in [3.05, 3.63) is 59.9 Å². The second kappa shape index (κ2) is 10.0. The lowest BCUT2D eigenvalue weighted by Crippen LogP contribution is -2.51. The molecule has 1 aromatic heterocycles. The van der Waals surface area contributed by atoms with Crippen molar-refractivity contribution in [2.24, 2.45) is 0 Å². The molecule has 1 saturated heterocycles. The smallest absolute Gasteiger partial charge is 0.271 e. The number of amides is 2. The maximum Gasteiger partial charge on any atom is 0.271 e. The molecule has 3 N–H and O–H groups in total. The maximum atomic E-state index is 13.8. The normalized spacial score (nSPS) is 21.4. The number of aliphatic hydroxyl groups is 1. The Bertz CT molecular complexity index is 836. The van der Waals surface area contributed by atoms with Crippen LogP contribution in [0.25, 0.3) is 0 Å². The number of ether oxygens (including phenoxy) is 1. The van der Waals surface area contributed by atoms with Gasteiger partial charge in [0.2, 0.25) is 0 Å². The Hall–Kier alpha value is -2.91. The fourth-order valence-electron chi connectivity index (χ4n) is 3.25. The van der Waals surface area contributed by atoms with E-state index >= 15 is 0 Å². The maximum absolute atomic E-state index is 13.8. The number of aliphatic hydroxyl groups excluding tert-OH is 1. The molecule has 3 atom stereocenters. The Morgan fingerprint density at radius 2 is 2.03 bits per heavy atom. The van der Waals surface area contributed by atoms with Crippen molar-refractivity contribution < 1.29 is 23.8 Å². The van der Waals surface area contributed by atoms with E-state index in [2.05, 4.69) is 20.6 Å². The van der Waals surface area contributed by atoms with Crippen LogP contribution < -0.4 is 10.6 Å². The lowest BCUT2D eigenvalue weighted by molar-refractivity contribution is -0.0893. The van der Waals surface area contributed by atoms with Crippen LogP contribution in [-0.2, 0) is 4.74 Å². The summed E-state index contributed by atoms with van der Waals surface area (Å²) in [4.78, 5) is 32.1. The molecule has 2 heterocycles. The number of rotatable bonds is 7. The Morgan fingerprint density at radius 3 is 2.76 bits per heavy atom. The van der Waals surface area contributed by atoms with Crippen LogP contribution in [0.5, 0.6) is 0 Å². The van der Waals surface area contributed by atoms with Gasteiger partial charge in [-0.2, -0.15) is 0 Å². The molecule has 0 radical (unpaired) electrons. The molecule has 1 aromatic carbocycles. The van der Waals surface area contributed by atoms with Crippen LogP contribution in [0.4, 0.5) is 4.39 Å². The molecule has 1 aliphatic rings. The van der Waals surface area contributed by atoms with E-state index in [1.165, 1.54) is 36.8 Å². The average molecular weight is 402 g/mol. The van der Waals surface area contributed by atoms with Gasteiger partial charge in [-0.3, -0.25) is 14.6 Å².